The van der Waals surface area contributed by atoms with Crippen LogP contribution in [0.3, 0.4) is 0 Å². The Labute approximate surface area is 174 Å². The first-order chi connectivity index (χ1) is 13.9. The number of methoxy groups -OCH3 is 1. The van der Waals surface area contributed by atoms with Crippen molar-refractivity contribution in [2.24, 2.45) is 5.92 Å². The van der Waals surface area contributed by atoms with E-state index in [4.69, 9.17) is 4.74 Å². The lowest BCUT2D eigenvalue weighted by Gasteiger charge is -2.31. The highest BCUT2D eigenvalue weighted by molar-refractivity contribution is 7.99. The number of piperidine rings is 1. The first-order valence-electron chi connectivity index (χ1n) is 9.32. The number of H-pyrrole nitrogens is 1. The molecule has 3 rings (SSSR count). The van der Waals surface area contributed by atoms with E-state index in [0.29, 0.717) is 42.6 Å². The van der Waals surface area contributed by atoms with Crippen LogP contribution in [-0.4, -0.2) is 66.3 Å². The van der Waals surface area contributed by atoms with Gasteiger partial charge in [0.05, 0.1) is 17.9 Å². The molecule has 1 saturated heterocycles. The van der Waals surface area contributed by atoms with Crippen LogP contribution in [0, 0.1) is 12.8 Å². The average Bonchev–Trinajstić information content (AvgIpc) is 3.24. The first kappa shape index (κ1) is 21.6. The molecule has 1 amide bonds. The zero-order valence-electron chi connectivity index (χ0n) is 16.4. The predicted octanol–water partition coefficient (Wildman–Crippen LogP) is 1.43. The molecule has 158 valence electrons. The van der Waals surface area contributed by atoms with Crippen molar-refractivity contribution in [3.63, 3.8) is 0 Å². The number of nitrogens with zero attached hydrogens (tertiary/aromatic N) is 3. The molecule has 0 radical (unpaired) electrons. The van der Waals surface area contributed by atoms with Gasteiger partial charge in [0.25, 0.3) is 0 Å². The van der Waals surface area contributed by atoms with E-state index < -0.39 is 10.0 Å². The van der Waals surface area contributed by atoms with Crippen LogP contribution in [0.2, 0.25) is 0 Å². The Morgan fingerprint density at radius 2 is 2.28 bits per heavy atom. The Balaban J connectivity index is 1.57. The van der Waals surface area contributed by atoms with Gasteiger partial charge in [0.2, 0.25) is 15.9 Å². The first-order valence-corrected chi connectivity index (χ1v) is 11.7. The van der Waals surface area contributed by atoms with E-state index in [1.54, 1.807) is 32.2 Å². The summed E-state index contributed by atoms with van der Waals surface area (Å²) in [7, 11) is -2.11. The number of carbonyl (C=O) groups excluding carboxylic acids is 1. The van der Waals surface area contributed by atoms with Crippen LogP contribution in [0.5, 0.6) is 5.75 Å². The molecule has 0 saturated carbocycles. The Bertz CT molecular complexity index is 934. The van der Waals surface area contributed by atoms with Gasteiger partial charge in [-0.2, -0.15) is 9.40 Å². The molecule has 0 spiro atoms. The van der Waals surface area contributed by atoms with Crippen molar-refractivity contribution in [1.29, 1.82) is 0 Å². The van der Waals surface area contributed by atoms with Crippen LogP contribution in [-0.2, 0) is 14.8 Å². The Kier molecular flexibility index (Phi) is 7.14. The number of aromatic nitrogens is 3. The Morgan fingerprint density at radius 3 is 2.97 bits per heavy atom. The molecule has 1 aromatic heterocycles. The molecule has 11 heteroatoms. The summed E-state index contributed by atoms with van der Waals surface area (Å²) >= 11 is 1.46. The zero-order valence-corrected chi connectivity index (χ0v) is 18.1. The number of hydrogen-bond acceptors (Lipinski definition) is 7. The van der Waals surface area contributed by atoms with Gasteiger partial charge in [0.15, 0.2) is 5.16 Å². The summed E-state index contributed by atoms with van der Waals surface area (Å²) in [4.78, 5) is 16.7. The number of carbonyl (C=O) groups is 1. The minimum atomic E-state index is -3.66. The van der Waals surface area contributed by atoms with Crippen molar-refractivity contribution < 1.29 is 17.9 Å². The Morgan fingerprint density at radius 1 is 1.45 bits per heavy atom. The van der Waals surface area contributed by atoms with Crippen molar-refractivity contribution in [1.82, 2.24) is 24.8 Å². The van der Waals surface area contributed by atoms with Gasteiger partial charge in [0, 0.05) is 25.4 Å². The molecule has 1 atom stereocenters. The monoisotopic (exact) mass is 439 g/mol. The van der Waals surface area contributed by atoms with E-state index in [9.17, 15) is 13.2 Å². The number of thioether (sulfide) groups is 1. The number of aryl methyl sites for hydroxylation is 1. The summed E-state index contributed by atoms with van der Waals surface area (Å²) in [6.45, 7) is 2.89. The lowest BCUT2D eigenvalue weighted by Crippen LogP contribution is -2.45. The molecular formula is C18H25N5O4S2. The minimum Gasteiger partial charge on any atom is -0.496 e. The molecule has 1 aliphatic rings. The number of ether oxygens (including phenoxy) is 1. The SMILES string of the molecule is COc1ccc(S(=O)(=O)N2CCC[C@@H](C(=O)NCCSc3ncn[nH]3)C2)cc1C. The second-order valence-electron chi connectivity index (χ2n) is 6.76. The molecule has 9 nitrogen and oxygen atoms in total. The maximum atomic E-state index is 13.0. The number of aromatic amines is 1. The van der Waals surface area contributed by atoms with Gasteiger partial charge in [-0.3, -0.25) is 9.89 Å². The normalized spacial score (nSPS) is 17.8. The van der Waals surface area contributed by atoms with Gasteiger partial charge < -0.3 is 10.1 Å². The van der Waals surface area contributed by atoms with Crippen LogP contribution in [0.1, 0.15) is 18.4 Å². The quantitative estimate of drug-likeness (QED) is 0.472. The molecule has 0 bridgehead atoms. The van der Waals surface area contributed by atoms with Crippen LogP contribution in [0.4, 0.5) is 0 Å². The minimum absolute atomic E-state index is 0.117. The second-order valence-corrected chi connectivity index (χ2v) is 9.79. The average molecular weight is 440 g/mol. The number of sulfonamides is 1. The summed E-state index contributed by atoms with van der Waals surface area (Å²) < 4.78 is 32.7. The molecule has 1 aliphatic heterocycles. The highest BCUT2D eigenvalue weighted by atomic mass is 32.2. The zero-order chi connectivity index (χ0) is 20.9. The van der Waals surface area contributed by atoms with E-state index in [1.165, 1.54) is 22.4 Å². The number of benzene rings is 1. The summed E-state index contributed by atoms with van der Waals surface area (Å²) in [5.74, 6) is 0.825. The van der Waals surface area contributed by atoms with E-state index in [1.807, 2.05) is 0 Å². The van der Waals surface area contributed by atoms with Crippen molar-refractivity contribution in [2.75, 3.05) is 32.5 Å². The molecule has 2 N–H and O–H groups in total. The topological polar surface area (TPSA) is 117 Å². The number of rotatable bonds is 8. The molecule has 29 heavy (non-hydrogen) atoms. The van der Waals surface area contributed by atoms with Crippen LogP contribution in [0.15, 0.2) is 34.6 Å². The van der Waals surface area contributed by atoms with E-state index in [2.05, 4.69) is 20.5 Å². The van der Waals surface area contributed by atoms with Crippen LogP contribution in [0.25, 0.3) is 0 Å². The van der Waals surface area contributed by atoms with Gasteiger partial charge in [0.1, 0.15) is 12.1 Å². The smallest absolute Gasteiger partial charge is 0.243 e. The van der Waals surface area contributed by atoms with Crippen molar-refractivity contribution in [3.8, 4) is 5.75 Å². The summed E-state index contributed by atoms with van der Waals surface area (Å²) in [5, 5.41) is 10.1. The van der Waals surface area contributed by atoms with Crippen molar-refractivity contribution in [2.45, 2.75) is 29.8 Å². The molecule has 1 aromatic carbocycles. The predicted molar refractivity (Wildman–Crippen MR) is 109 cm³/mol. The van der Waals surface area contributed by atoms with Crippen LogP contribution >= 0.6 is 11.8 Å². The molecule has 2 heterocycles. The molecule has 1 fully saturated rings. The van der Waals surface area contributed by atoms with E-state index in [0.717, 1.165) is 5.56 Å². The standard InChI is InChI=1S/C18H25N5O4S2/c1-13-10-15(5-6-16(13)27-2)29(25,26)23-8-3-4-14(11-23)17(24)19-7-9-28-18-20-12-21-22-18/h5-6,10,12,14H,3-4,7-9,11H2,1-2H3,(H,19,24)(H,20,21,22)/t14-/m1/s1. The molecular weight excluding hydrogens is 414 g/mol. The maximum Gasteiger partial charge on any atom is 0.243 e. The molecule has 2 aromatic rings. The highest BCUT2D eigenvalue weighted by Gasteiger charge is 2.33. The fourth-order valence-corrected chi connectivity index (χ4v) is 5.51. The molecule has 0 aliphatic carbocycles. The van der Waals surface area contributed by atoms with Gasteiger partial charge in [-0.25, -0.2) is 13.4 Å². The number of hydrogen-bond donors (Lipinski definition) is 2. The van der Waals surface area contributed by atoms with Gasteiger partial charge >= 0.3 is 0 Å². The highest BCUT2D eigenvalue weighted by Crippen LogP contribution is 2.27. The number of nitrogens with one attached hydrogen (secondary N) is 2. The summed E-state index contributed by atoms with van der Waals surface area (Å²) in [5.41, 5.74) is 0.754. The van der Waals surface area contributed by atoms with Gasteiger partial charge in [-0.15, -0.1) is 0 Å². The third-order valence-electron chi connectivity index (χ3n) is 4.79. The third-order valence-corrected chi connectivity index (χ3v) is 7.53. The van der Waals surface area contributed by atoms with Crippen molar-refractivity contribution >= 4 is 27.7 Å². The summed E-state index contributed by atoms with van der Waals surface area (Å²) in [6.07, 6.45) is 2.76. The van der Waals surface area contributed by atoms with Gasteiger partial charge in [-0.1, -0.05) is 11.8 Å². The second kappa shape index (κ2) is 9.59. The Hall–Kier alpha value is -2.11. The van der Waals surface area contributed by atoms with E-state index in [-0.39, 0.29) is 23.3 Å². The lowest BCUT2D eigenvalue weighted by molar-refractivity contribution is -0.125. The fourth-order valence-electron chi connectivity index (χ4n) is 3.27. The number of amides is 1. The third kappa shape index (κ3) is 5.28. The summed E-state index contributed by atoms with van der Waals surface area (Å²) in [6, 6.07) is 4.81. The van der Waals surface area contributed by atoms with Crippen molar-refractivity contribution in [3.05, 3.63) is 30.1 Å². The maximum absolute atomic E-state index is 13.0. The van der Waals surface area contributed by atoms with Gasteiger partial charge in [-0.05, 0) is 43.5 Å². The molecule has 0 unspecified atom stereocenters. The van der Waals surface area contributed by atoms with E-state index >= 15 is 0 Å². The lowest BCUT2D eigenvalue weighted by atomic mass is 9.99. The van der Waals surface area contributed by atoms with Crippen LogP contribution < -0.4 is 10.1 Å². The largest absolute Gasteiger partial charge is 0.496 e. The fraction of sp³-hybridized carbons (Fsp3) is 0.500.